The van der Waals surface area contributed by atoms with Crippen molar-refractivity contribution in [1.29, 1.82) is 0 Å². The molecule has 0 atom stereocenters. The van der Waals surface area contributed by atoms with Crippen LogP contribution in [0.4, 0.5) is 4.39 Å². The molecule has 0 amide bonds. The van der Waals surface area contributed by atoms with E-state index < -0.39 is 0 Å². The largest absolute Gasteiger partial charge is 0.385 e. The molecule has 0 bridgehead atoms. The van der Waals surface area contributed by atoms with Gasteiger partial charge in [-0.15, -0.1) is 11.8 Å². The lowest BCUT2D eigenvalue weighted by Crippen LogP contribution is -2.16. The molecule has 0 aliphatic heterocycles. The van der Waals surface area contributed by atoms with Crippen LogP contribution in [0.15, 0.2) is 34.3 Å². The van der Waals surface area contributed by atoms with E-state index >= 15 is 0 Å². The van der Waals surface area contributed by atoms with Crippen LogP contribution in [0.25, 0.3) is 0 Å². The van der Waals surface area contributed by atoms with Gasteiger partial charge >= 0.3 is 0 Å². The summed E-state index contributed by atoms with van der Waals surface area (Å²) in [6.07, 6.45) is 0. The Bertz CT molecular complexity index is 314. The molecule has 0 saturated carbocycles. The first kappa shape index (κ1) is 9.85. The lowest BCUT2D eigenvalue weighted by atomic mass is 10.3. The SMILES string of the molecule is N/N=C(/N)CSc1ccccc1F. The van der Waals surface area contributed by atoms with Gasteiger partial charge in [0.05, 0.1) is 5.75 Å². The highest BCUT2D eigenvalue weighted by molar-refractivity contribution is 8.00. The van der Waals surface area contributed by atoms with E-state index in [-0.39, 0.29) is 5.82 Å². The summed E-state index contributed by atoms with van der Waals surface area (Å²) in [4.78, 5) is 0.550. The van der Waals surface area contributed by atoms with Crippen molar-refractivity contribution in [2.24, 2.45) is 16.7 Å². The van der Waals surface area contributed by atoms with E-state index in [1.165, 1.54) is 17.8 Å². The molecule has 0 aromatic heterocycles. The molecule has 1 aromatic carbocycles. The number of hydrogen-bond acceptors (Lipinski definition) is 3. The zero-order valence-corrected chi connectivity index (χ0v) is 7.72. The topological polar surface area (TPSA) is 64.4 Å². The van der Waals surface area contributed by atoms with Crippen LogP contribution >= 0.6 is 11.8 Å². The molecule has 0 aliphatic rings. The number of thioether (sulfide) groups is 1. The monoisotopic (exact) mass is 199 g/mol. The number of nitrogens with two attached hydrogens (primary N) is 2. The van der Waals surface area contributed by atoms with E-state index in [1.807, 2.05) is 0 Å². The fourth-order valence-corrected chi connectivity index (χ4v) is 1.51. The van der Waals surface area contributed by atoms with Crippen molar-refractivity contribution >= 4 is 17.6 Å². The number of nitrogens with zero attached hydrogens (tertiary/aromatic N) is 1. The van der Waals surface area contributed by atoms with Gasteiger partial charge < -0.3 is 11.6 Å². The molecular weight excluding hydrogens is 189 g/mol. The summed E-state index contributed by atoms with van der Waals surface area (Å²) >= 11 is 1.27. The highest BCUT2D eigenvalue weighted by Gasteiger charge is 2.01. The normalized spacial score (nSPS) is 11.6. The third-order valence-electron chi connectivity index (χ3n) is 1.38. The first-order chi connectivity index (χ1) is 6.24. The molecule has 3 nitrogen and oxygen atoms in total. The van der Waals surface area contributed by atoms with Gasteiger partial charge in [-0.1, -0.05) is 12.1 Å². The molecular formula is C8H10FN3S. The van der Waals surface area contributed by atoms with Crippen LogP contribution in [0.5, 0.6) is 0 Å². The number of benzene rings is 1. The molecule has 1 aromatic rings. The maximum Gasteiger partial charge on any atom is 0.136 e. The average Bonchev–Trinajstić information content (AvgIpc) is 2.16. The standard InChI is InChI=1S/C8H10FN3S/c9-6-3-1-2-4-7(6)13-5-8(10)12-11/h1-4H,5,11H2,(H2,10,12). The van der Waals surface area contributed by atoms with E-state index in [1.54, 1.807) is 18.2 Å². The minimum absolute atomic E-state index is 0.252. The van der Waals surface area contributed by atoms with Gasteiger partial charge in [0.15, 0.2) is 0 Å². The van der Waals surface area contributed by atoms with Crippen molar-refractivity contribution in [3.8, 4) is 0 Å². The molecule has 1 rings (SSSR count). The Morgan fingerprint density at radius 3 is 2.77 bits per heavy atom. The molecule has 0 heterocycles. The summed E-state index contributed by atoms with van der Waals surface area (Å²) in [6.45, 7) is 0. The lowest BCUT2D eigenvalue weighted by molar-refractivity contribution is 0.602. The third kappa shape index (κ3) is 2.95. The maximum atomic E-state index is 13.0. The quantitative estimate of drug-likeness (QED) is 0.252. The van der Waals surface area contributed by atoms with Gasteiger partial charge in [-0.25, -0.2) is 4.39 Å². The highest BCUT2D eigenvalue weighted by Crippen LogP contribution is 2.20. The third-order valence-corrected chi connectivity index (χ3v) is 2.46. The Hall–Kier alpha value is -1.23. The predicted octanol–water partition coefficient (Wildman–Crippen LogP) is 1.15. The van der Waals surface area contributed by atoms with Crippen LogP contribution in [-0.2, 0) is 0 Å². The van der Waals surface area contributed by atoms with Crippen LogP contribution in [0.2, 0.25) is 0 Å². The van der Waals surface area contributed by atoms with Crippen molar-refractivity contribution in [2.75, 3.05) is 5.75 Å². The van der Waals surface area contributed by atoms with Crippen LogP contribution in [-0.4, -0.2) is 11.6 Å². The second kappa shape index (κ2) is 4.71. The van der Waals surface area contributed by atoms with Gasteiger partial charge in [0, 0.05) is 4.90 Å². The van der Waals surface area contributed by atoms with Crippen molar-refractivity contribution in [3.63, 3.8) is 0 Å². The first-order valence-corrected chi connectivity index (χ1v) is 4.62. The van der Waals surface area contributed by atoms with Gasteiger partial charge in [-0.05, 0) is 12.1 Å². The minimum atomic E-state index is -0.252. The molecule has 5 heteroatoms. The van der Waals surface area contributed by atoms with Crippen molar-refractivity contribution in [3.05, 3.63) is 30.1 Å². The van der Waals surface area contributed by atoms with E-state index in [2.05, 4.69) is 5.10 Å². The molecule has 4 N–H and O–H groups in total. The van der Waals surface area contributed by atoms with Crippen molar-refractivity contribution < 1.29 is 4.39 Å². The van der Waals surface area contributed by atoms with Gasteiger partial charge in [-0.3, -0.25) is 0 Å². The van der Waals surface area contributed by atoms with Gasteiger partial charge in [-0.2, -0.15) is 5.10 Å². The van der Waals surface area contributed by atoms with Crippen molar-refractivity contribution in [1.82, 2.24) is 0 Å². The second-order valence-corrected chi connectivity index (χ2v) is 3.36. The fraction of sp³-hybridized carbons (Fsp3) is 0.125. The number of hydrazone groups is 1. The number of halogens is 1. The Balaban J connectivity index is 2.60. The molecule has 0 aliphatic carbocycles. The summed E-state index contributed by atoms with van der Waals surface area (Å²) < 4.78 is 13.0. The molecule has 0 saturated heterocycles. The zero-order valence-electron chi connectivity index (χ0n) is 6.90. The molecule has 70 valence electrons. The van der Waals surface area contributed by atoms with Crippen LogP contribution in [0.1, 0.15) is 0 Å². The Morgan fingerprint density at radius 2 is 2.15 bits per heavy atom. The smallest absolute Gasteiger partial charge is 0.136 e. The number of hydrogen-bond donors (Lipinski definition) is 2. The lowest BCUT2D eigenvalue weighted by Gasteiger charge is -2.01. The molecule has 0 fully saturated rings. The Labute approximate surface area is 80.0 Å². The number of amidine groups is 1. The Kier molecular flexibility index (Phi) is 3.57. The Morgan fingerprint density at radius 1 is 1.46 bits per heavy atom. The van der Waals surface area contributed by atoms with Crippen LogP contribution < -0.4 is 11.6 Å². The van der Waals surface area contributed by atoms with Crippen LogP contribution in [0.3, 0.4) is 0 Å². The summed E-state index contributed by atoms with van der Waals surface area (Å²) in [5, 5.41) is 3.28. The highest BCUT2D eigenvalue weighted by atomic mass is 32.2. The number of rotatable bonds is 3. The first-order valence-electron chi connectivity index (χ1n) is 3.63. The molecule has 0 radical (unpaired) electrons. The minimum Gasteiger partial charge on any atom is -0.385 e. The van der Waals surface area contributed by atoms with Gasteiger partial charge in [0.1, 0.15) is 11.7 Å². The summed E-state index contributed by atoms with van der Waals surface area (Å²) in [5.74, 6) is 5.38. The molecule has 13 heavy (non-hydrogen) atoms. The average molecular weight is 199 g/mol. The maximum absolute atomic E-state index is 13.0. The van der Waals surface area contributed by atoms with E-state index in [0.717, 1.165) is 0 Å². The summed E-state index contributed by atoms with van der Waals surface area (Å²) in [6, 6.07) is 6.49. The van der Waals surface area contributed by atoms with Gasteiger partial charge in [0.25, 0.3) is 0 Å². The molecule has 0 spiro atoms. The molecule has 0 unspecified atom stereocenters. The van der Waals surface area contributed by atoms with E-state index in [9.17, 15) is 4.39 Å². The summed E-state index contributed by atoms with van der Waals surface area (Å²) in [5.41, 5.74) is 5.35. The van der Waals surface area contributed by atoms with E-state index in [0.29, 0.717) is 16.5 Å². The zero-order chi connectivity index (χ0) is 9.68. The fourth-order valence-electron chi connectivity index (χ4n) is 0.751. The summed E-state index contributed by atoms with van der Waals surface area (Å²) in [7, 11) is 0. The predicted molar refractivity (Wildman–Crippen MR) is 52.9 cm³/mol. The second-order valence-electron chi connectivity index (χ2n) is 2.34. The van der Waals surface area contributed by atoms with Gasteiger partial charge in [0.2, 0.25) is 0 Å². The van der Waals surface area contributed by atoms with Crippen LogP contribution in [0, 0.1) is 5.82 Å². The van der Waals surface area contributed by atoms with Crippen molar-refractivity contribution in [2.45, 2.75) is 4.90 Å². The van der Waals surface area contributed by atoms with E-state index in [4.69, 9.17) is 11.6 Å².